The molecular weight excluding hydrogens is 357 g/mol. The number of nitrogens with one attached hydrogen (secondary N) is 2. The number of benzene rings is 1. The number of piperidine rings is 1. The molecule has 0 spiro atoms. The SMILES string of the molecule is CNCC1CCCN(CCC(=O)Nc2c(Cl)cccc2Cl)C1.Cl. The van der Waals surface area contributed by atoms with Crippen molar-refractivity contribution in [3.8, 4) is 0 Å². The Labute approximate surface area is 154 Å². The van der Waals surface area contributed by atoms with Gasteiger partial charge < -0.3 is 15.5 Å². The molecule has 7 heteroatoms. The van der Waals surface area contributed by atoms with Gasteiger partial charge in [0.1, 0.15) is 0 Å². The summed E-state index contributed by atoms with van der Waals surface area (Å²) in [5.74, 6) is 0.630. The van der Waals surface area contributed by atoms with Gasteiger partial charge in [0.25, 0.3) is 0 Å². The van der Waals surface area contributed by atoms with Gasteiger partial charge in [-0.15, -0.1) is 12.4 Å². The topological polar surface area (TPSA) is 44.4 Å². The first-order valence-corrected chi connectivity index (χ1v) is 8.46. The van der Waals surface area contributed by atoms with Crippen LogP contribution in [-0.4, -0.2) is 44.0 Å². The molecule has 1 aliphatic rings. The lowest BCUT2D eigenvalue weighted by atomic mass is 9.98. The third kappa shape index (κ3) is 6.48. The Morgan fingerprint density at radius 2 is 2.04 bits per heavy atom. The molecule has 1 aromatic carbocycles. The summed E-state index contributed by atoms with van der Waals surface area (Å²) in [6.45, 7) is 3.94. The summed E-state index contributed by atoms with van der Waals surface area (Å²) in [5.41, 5.74) is 0.502. The second-order valence-corrected chi connectivity index (χ2v) is 6.58. The molecule has 2 rings (SSSR count). The van der Waals surface area contributed by atoms with Crippen molar-refractivity contribution in [1.29, 1.82) is 0 Å². The minimum absolute atomic E-state index is 0. The number of rotatable bonds is 6. The van der Waals surface area contributed by atoms with Gasteiger partial charge in [-0.3, -0.25) is 4.79 Å². The fraction of sp³-hybridized carbons (Fsp3) is 0.562. The second kappa shape index (κ2) is 10.4. The maximum atomic E-state index is 12.1. The molecule has 1 aromatic rings. The van der Waals surface area contributed by atoms with Crippen LogP contribution in [0, 0.1) is 5.92 Å². The summed E-state index contributed by atoms with van der Waals surface area (Å²) >= 11 is 12.1. The van der Waals surface area contributed by atoms with Crippen LogP contribution in [0.15, 0.2) is 18.2 Å². The van der Waals surface area contributed by atoms with Crippen molar-refractivity contribution in [2.24, 2.45) is 5.92 Å². The predicted molar refractivity (Wildman–Crippen MR) is 100 cm³/mol. The van der Waals surface area contributed by atoms with Crippen molar-refractivity contribution in [3.63, 3.8) is 0 Å². The van der Waals surface area contributed by atoms with E-state index >= 15 is 0 Å². The van der Waals surface area contributed by atoms with Gasteiger partial charge in [0, 0.05) is 19.5 Å². The van der Waals surface area contributed by atoms with E-state index in [2.05, 4.69) is 15.5 Å². The van der Waals surface area contributed by atoms with Crippen molar-refractivity contribution in [2.75, 3.05) is 38.5 Å². The Morgan fingerprint density at radius 1 is 1.35 bits per heavy atom. The number of carbonyl (C=O) groups excluding carboxylic acids is 1. The van der Waals surface area contributed by atoms with E-state index in [1.807, 2.05) is 7.05 Å². The summed E-state index contributed by atoms with van der Waals surface area (Å²) in [6, 6.07) is 5.20. The van der Waals surface area contributed by atoms with Crippen LogP contribution in [-0.2, 0) is 4.79 Å². The van der Waals surface area contributed by atoms with Crippen LogP contribution in [0.2, 0.25) is 10.0 Å². The first kappa shape index (κ1) is 20.5. The third-order valence-corrected chi connectivity index (χ3v) is 4.61. The largest absolute Gasteiger partial charge is 0.324 e. The highest BCUT2D eigenvalue weighted by Gasteiger charge is 2.20. The summed E-state index contributed by atoms with van der Waals surface area (Å²) in [6.07, 6.45) is 2.91. The molecule has 23 heavy (non-hydrogen) atoms. The Hall–Kier alpha value is -0.520. The first-order valence-electron chi connectivity index (χ1n) is 7.71. The average molecular weight is 381 g/mol. The average Bonchev–Trinajstić information content (AvgIpc) is 2.50. The Balaban J connectivity index is 0.00000264. The standard InChI is InChI=1S/C16H23Cl2N3O.ClH/c1-19-10-12-4-3-8-21(11-12)9-7-15(22)20-16-13(17)5-2-6-14(16)18;/h2,5-6,12,19H,3-4,7-11H2,1H3,(H,20,22);1H. The second-order valence-electron chi connectivity index (χ2n) is 5.76. The minimum Gasteiger partial charge on any atom is -0.324 e. The van der Waals surface area contributed by atoms with E-state index in [0.717, 1.165) is 26.2 Å². The van der Waals surface area contributed by atoms with E-state index in [-0.39, 0.29) is 18.3 Å². The Bertz CT molecular complexity index is 491. The van der Waals surface area contributed by atoms with Crippen LogP contribution in [0.5, 0.6) is 0 Å². The molecule has 0 bridgehead atoms. The van der Waals surface area contributed by atoms with E-state index in [1.165, 1.54) is 12.8 Å². The highest BCUT2D eigenvalue weighted by molar-refractivity contribution is 6.39. The van der Waals surface area contributed by atoms with Gasteiger partial charge in [0.2, 0.25) is 5.91 Å². The van der Waals surface area contributed by atoms with E-state index in [1.54, 1.807) is 18.2 Å². The molecule has 1 heterocycles. The molecule has 0 aromatic heterocycles. The van der Waals surface area contributed by atoms with Crippen LogP contribution in [0.1, 0.15) is 19.3 Å². The van der Waals surface area contributed by atoms with Crippen molar-refractivity contribution >= 4 is 47.2 Å². The number of hydrogen-bond donors (Lipinski definition) is 2. The minimum atomic E-state index is -0.0502. The first-order chi connectivity index (χ1) is 10.6. The Morgan fingerprint density at radius 3 is 2.70 bits per heavy atom. The van der Waals surface area contributed by atoms with Crippen LogP contribution >= 0.6 is 35.6 Å². The highest BCUT2D eigenvalue weighted by atomic mass is 35.5. The van der Waals surface area contributed by atoms with Crippen molar-refractivity contribution < 1.29 is 4.79 Å². The van der Waals surface area contributed by atoms with Crippen molar-refractivity contribution in [2.45, 2.75) is 19.3 Å². The zero-order chi connectivity index (χ0) is 15.9. The summed E-state index contributed by atoms with van der Waals surface area (Å²) < 4.78 is 0. The smallest absolute Gasteiger partial charge is 0.225 e. The summed E-state index contributed by atoms with van der Waals surface area (Å²) in [5, 5.41) is 6.98. The lowest BCUT2D eigenvalue weighted by molar-refractivity contribution is -0.116. The third-order valence-electron chi connectivity index (χ3n) is 3.98. The quantitative estimate of drug-likeness (QED) is 0.791. The molecule has 1 atom stereocenters. The molecule has 1 aliphatic heterocycles. The fourth-order valence-corrected chi connectivity index (χ4v) is 3.38. The van der Waals surface area contributed by atoms with Gasteiger partial charge in [0.05, 0.1) is 15.7 Å². The predicted octanol–water partition coefficient (Wildman–Crippen LogP) is 3.68. The van der Waals surface area contributed by atoms with Gasteiger partial charge in [0.15, 0.2) is 0 Å². The monoisotopic (exact) mass is 379 g/mol. The molecule has 1 amide bonds. The van der Waals surface area contributed by atoms with Crippen LogP contribution in [0.25, 0.3) is 0 Å². The number of hydrogen-bond acceptors (Lipinski definition) is 3. The van der Waals surface area contributed by atoms with Gasteiger partial charge >= 0.3 is 0 Å². The zero-order valence-electron chi connectivity index (χ0n) is 13.3. The fourth-order valence-electron chi connectivity index (χ4n) is 2.89. The number of halogens is 3. The molecule has 0 saturated carbocycles. The normalized spacial score (nSPS) is 18.3. The van der Waals surface area contributed by atoms with Crippen LogP contribution < -0.4 is 10.6 Å². The number of nitrogens with zero attached hydrogens (tertiary/aromatic N) is 1. The highest BCUT2D eigenvalue weighted by Crippen LogP contribution is 2.29. The van der Waals surface area contributed by atoms with Gasteiger partial charge in [-0.2, -0.15) is 0 Å². The number of carbonyl (C=O) groups is 1. The van der Waals surface area contributed by atoms with E-state index in [9.17, 15) is 4.79 Å². The number of amides is 1. The molecule has 1 fully saturated rings. The Kier molecular flexibility index (Phi) is 9.25. The van der Waals surface area contributed by atoms with Gasteiger partial charge in [-0.1, -0.05) is 29.3 Å². The van der Waals surface area contributed by atoms with Crippen molar-refractivity contribution in [1.82, 2.24) is 10.2 Å². The van der Waals surface area contributed by atoms with Crippen LogP contribution in [0.4, 0.5) is 5.69 Å². The molecule has 0 aliphatic carbocycles. The van der Waals surface area contributed by atoms with E-state index in [4.69, 9.17) is 23.2 Å². The molecule has 4 nitrogen and oxygen atoms in total. The lowest BCUT2D eigenvalue weighted by Crippen LogP contribution is -2.40. The lowest BCUT2D eigenvalue weighted by Gasteiger charge is -2.32. The molecule has 2 N–H and O–H groups in total. The molecule has 0 radical (unpaired) electrons. The maximum absolute atomic E-state index is 12.1. The van der Waals surface area contributed by atoms with Crippen molar-refractivity contribution in [3.05, 3.63) is 28.2 Å². The van der Waals surface area contributed by atoms with Gasteiger partial charge in [-0.05, 0) is 51.0 Å². The van der Waals surface area contributed by atoms with Crippen LogP contribution in [0.3, 0.4) is 0 Å². The summed E-state index contributed by atoms with van der Waals surface area (Å²) in [7, 11) is 1.99. The zero-order valence-corrected chi connectivity index (χ0v) is 15.6. The summed E-state index contributed by atoms with van der Waals surface area (Å²) in [4.78, 5) is 14.5. The molecular formula is C16H24Cl3N3O. The van der Waals surface area contributed by atoms with E-state index in [0.29, 0.717) is 28.1 Å². The van der Waals surface area contributed by atoms with Gasteiger partial charge in [-0.25, -0.2) is 0 Å². The number of likely N-dealkylation sites (tertiary alicyclic amines) is 1. The number of para-hydroxylation sites is 1. The maximum Gasteiger partial charge on any atom is 0.225 e. The molecule has 1 saturated heterocycles. The molecule has 1 unspecified atom stereocenters. The van der Waals surface area contributed by atoms with E-state index < -0.39 is 0 Å². The molecule has 130 valence electrons. The number of anilines is 1.